The van der Waals surface area contributed by atoms with Crippen LogP contribution in [0.1, 0.15) is 18.4 Å². The van der Waals surface area contributed by atoms with Crippen molar-refractivity contribution >= 4 is 11.6 Å². The van der Waals surface area contributed by atoms with E-state index in [-0.39, 0.29) is 0 Å². The highest BCUT2D eigenvalue weighted by atomic mass is 35.5. The number of pyridine rings is 1. The lowest BCUT2D eigenvalue weighted by Crippen LogP contribution is -2.36. The van der Waals surface area contributed by atoms with Crippen molar-refractivity contribution in [2.24, 2.45) is 0 Å². The number of halogens is 1. The highest BCUT2D eigenvalue weighted by molar-refractivity contribution is 6.29. The molecule has 0 amide bonds. The van der Waals surface area contributed by atoms with E-state index in [0.717, 1.165) is 13.1 Å². The van der Waals surface area contributed by atoms with Gasteiger partial charge in [-0.25, -0.2) is 4.98 Å². The third kappa shape index (κ3) is 2.94. The van der Waals surface area contributed by atoms with E-state index in [9.17, 15) is 0 Å². The van der Waals surface area contributed by atoms with E-state index in [0.29, 0.717) is 11.2 Å². The number of rotatable bonds is 4. The molecule has 1 unspecified atom stereocenters. The molecule has 0 aromatic carbocycles. The van der Waals surface area contributed by atoms with Crippen molar-refractivity contribution in [2.45, 2.75) is 25.4 Å². The molecule has 16 heavy (non-hydrogen) atoms. The molecule has 0 bridgehead atoms. The van der Waals surface area contributed by atoms with Crippen molar-refractivity contribution in [1.29, 1.82) is 0 Å². The van der Waals surface area contributed by atoms with Gasteiger partial charge in [0.1, 0.15) is 5.15 Å². The third-order valence-corrected chi connectivity index (χ3v) is 3.34. The average Bonchev–Trinajstić information content (AvgIpc) is 2.70. The molecular formula is C12H18ClN3. The molecule has 3 nitrogen and oxygen atoms in total. The van der Waals surface area contributed by atoms with E-state index in [1.54, 1.807) is 0 Å². The summed E-state index contributed by atoms with van der Waals surface area (Å²) in [6.07, 6.45) is 4.46. The van der Waals surface area contributed by atoms with Crippen LogP contribution >= 0.6 is 11.6 Å². The van der Waals surface area contributed by atoms with Crippen LogP contribution in [0.15, 0.2) is 18.3 Å². The van der Waals surface area contributed by atoms with E-state index < -0.39 is 0 Å². The molecule has 4 heteroatoms. The lowest BCUT2D eigenvalue weighted by molar-refractivity contribution is 0.242. The number of nitrogens with one attached hydrogen (secondary N) is 1. The zero-order valence-electron chi connectivity index (χ0n) is 9.62. The molecule has 88 valence electrons. The second-order valence-corrected chi connectivity index (χ2v) is 4.70. The van der Waals surface area contributed by atoms with Gasteiger partial charge in [-0.3, -0.25) is 4.90 Å². The van der Waals surface area contributed by atoms with Crippen LogP contribution in [-0.4, -0.2) is 36.1 Å². The molecular weight excluding hydrogens is 222 g/mol. The summed E-state index contributed by atoms with van der Waals surface area (Å²) in [5.74, 6) is 0. The normalized spacial score (nSPS) is 21.5. The Kier molecular flexibility index (Phi) is 4.16. The molecule has 1 fully saturated rings. The van der Waals surface area contributed by atoms with Gasteiger partial charge in [0.05, 0.1) is 0 Å². The monoisotopic (exact) mass is 239 g/mol. The molecule has 1 aliphatic rings. The number of likely N-dealkylation sites (N-methyl/N-ethyl adjacent to an activating group) is 1. The first-order valence-corrected chi connectivity index (χ1v) is 6.16. The molecule has 1 aliphatic heterocycles. The summed E-state index contributed by atoms with van der Waals surface area (Å²) in [4.78, 5) is 6.63. The Morgan fingerprint density at radius 1 is 1.56 bits per heavy atom. The molecule has 0 spiro atoms. The lowest BCUT2D eigenvalue weighted by atomic mass is 10.2. The van der Waals surface area contributed by atoms with Gasteiger partial charge in [0, 0.05) is 25.3 Å². The van der Waals surface area contributed by atoms with Crippen LogP contribution in [-0.2, 0) is 6.54 Å². The SMILES string of the molecule is CNCC1CCCN1Cc1ccc(Cl)nc1. The molecule has 0 saturated carbocycles. The van der Waals surface area contributed by atoms with E-state index in [2.05, 4.69) is 21.3 Å². The fourth-order valence-electron chi connectivity index (χ4n) is 2.30. The topological polar surface area (TPSA) is 28.2 Å². The summed E-state index contributed by atoms with van der Waals surface area (Å²) >= 11 is 5.77. The number of likely N-dealkylation sites (tertiary alicyclic amines) is 1. The van der Waals surface area contributed by atoms with E-state index in [1.165, 1.54) is 24.9 Å². The maximum absolute atomic E-state index is 5.77. The minimum atomic E-state index is 0.567. The van der Waals surface area contributed by atoms with Crippen LogP contribution in [0.4, 0.5) is 0 Å². The molecule has 1 N–H and O–H groups in total. The van der Waals surface area contributed by atoms with E-state index in [4.69, 9.17) is 11.6 Å². The van der Waals surface area contributed by atoms with Gasteiger partial charge in [-0.05, 0) is 38.1 Å². The minimum absolute atomic E-state index is 0.567. The fourth-order valence-corrected chi connectivity index (χ4v) is 2.42. The van der Waals surface area contributed by atoms with Gasteiger partial charge in [-0.1, -0.05) is 17.7 Å². The van der Waals surface area contributed by atoms with Crippen molar-refractivity contribution in [3.8, 4) is 0 Å². The summed E-state index contributed by atoms with van der Waals surface area (Å²) in [6, 6.07) is 4.59. The molecule has 1 saturated heterocycles. The van der Waals surface area contributed by atoms with Crippen LogP contribution in [0, 0.1) is 0 Å². The predicted molar refractivity (Wildman–Crippen MR) is 66.6 cm³/mol. The number of hydrogen-bond acceptors (Lipinski definition) is 3. The highest BCUT2D eigenvalue weighted by Crippen LogP contribution is 2.19. The smallest absolute Gasteiger partial charge is 0.129 e. The van der Waals surface area contributed by atoms with Crippen LogP contribution in [0.5, 0.6) is 0 Å². The average molecular weight is 240 g/mol. The maximum Gasteiger partial charge on any atom is 0.129 e. The summed E-state index contributed by atoms with van der Waals surface area (Å²) in [6.45, 7) is 3.24. The Hall–Kier alpha value is -0.640. The second kappa shape index (κ2) is 5.62. The Bertz CT molecular complexity index is 326. The molecule has 1 atom stereocenters. The zero-order chi connectivity index (χ0) is 11.4. The van der Waals surface area contributed by atoms with Crippen molar-refractivity contribution in [1.82, 2.24) is 15.2 Å². The van der Waals surface area contributed by atoms with E-state index in [1.807, 2.05) is 19.3 Å². The molecule has 0 aliphatic carbocycles. The van der Waals surface area contributed by atoms with Crippen molar-refractivity contribution in [3.63, 3.8) is 0 Å². The number of nitrogens with zero attached hydrogens (tertiary/aromatic N) is 2. The molecule has 0 radical (unpaired) electrons. The number of hydrogen-bond donors (Lipinski definition) is 1. The fraction of sp³-hybridized carbons (Fsp3) is 0.583. The molecule has 1 aromatic heterocycles. The quantitative estimate of drug-likeness (QED) is 0.814. The van der Waals surface area contributed by atoms with Crippen molar-refractivity contribution in [2.75, 3.05) is 20.1 Å². The van der Waals surface area contributed by atoms with Crippen LogP contribution in [0.2, 0.25) is 5.15 Å². The largest absolute Gasteiger partial charge is 0.318 e. The zero-order valence-corrected chi connectivity index (χ0v) is 10.4. The summed E-state index contributed by atoms with van der Waals surface area (Å²) < 4.78 is 0. The summed E-state index contributed by atoms with van der Waals surface area (Å²) in [7, 11) is 2.01. The minimum Gasteiger partial charge on any atom is -0.318 e. The maximum atomic E-state index is 5.77. The van der Waals surface area contributed by atoms with E-state index >= 15 is 0 Å². The first kappa shape index (κ1) is 11.8. The van der Waals surface area contributed by atoms with Gasteiger partial charge >= 0.3 is 0 Å². The summed E-state index contributed by atoms with van der Waals surface area (Å²) in [5, 5.41) is 3.82. The Morgan fingerprint density at radius 3 is 3.12 bits per heavy atom. The van der Waals surface area contributed by atoms with Crippen LogP contribution in [0.25, 0.3) is 0 Å². The van der Waals surface area contributed by atoms with Crippen LogP contribution < -0.4 is 5.32 Å². The van der Waals surface area contributed by atoms with Crippen molar-refractivity contribution in [3.05, 3.63) is 29.0 Å². The second-order valence-electron chi connectivity index (χ2n) is 4.31. The molecule has 2 heterocycles. The van der Waals surface area contributed by atoms with Crippen LogP contribution in [0.3, 0.4) is 0 Å². The Labute approximate surface area is 102 Å². The van der Waals surface area contributed by atoms with Gasteiger partial charge in [0.25, 0.3) is 0 Å². The standard InChI is InChI=1S/C12H18ClN3/c1-14-8-11-3-2-6-16(11)9-10-4-5-12(13)15-7-10/h4-5,7,11,14H,2-3,6,8-9H2,1H3. The van der Waals surface area contributed by atoms with Gasteiger partial charge < -0.3 is 5.32 Å². The van der Waals surface area contributed by atoms with Crippen molar-refractivity contribution < 1.29 is 0 Å². The van der Waals surface area contributed by atoms with Gasteiger partial charge in [0.2, 0.25) is 0 Å². The third-order valence-electron chi connectivity index (χ3n) is 3.11. The Balaban J connectivity index is 1.95. The first-order chi connectivity index (χ1) is 7.79. The highest BCUT2D eigenvalue weighted by Gasteiger charge is 2.23. The molecule has 1 aromatic rings. The number of aromatic nitrogens is 1. The van der Waals surface area contributed by atoms with Gasteiger partial charge in [0.15, 0.2) is 0 Å². The molecule has 2 rings (SSSR count). The van der Waals surface area contributed by atoms with Gasteiger partial charge in [-0.15, -0.1) is 0 Å². The van der Waals surface area contributed by atoms with Gasteiger partial charge in [-0.2, -0.15) is 0 Å². The predicted octanol–water partition coefficient (Wildman–Crippen LogP) is 1.92. The Morgan fingerprint density at radius 2 is 2.44 bits per heavy atom. The first-order valence-electron chi connectivity index (χ1n) is 5.78. The lowest BCUT2D eigenvalue weighted by Gasteiger charge is -2.24. The summed E-state index contributed by atoms with van der Waals surface area (Å²) in [5.41, 5.74) is 1.24.